The third kappa shape index (κ3) is 141. The summed E-state index contributed by atoms with van der Waals surface area (Å²) < 4.78 is 0. The zero-order valence-corrected chi connectivity index (χ0v) is 22.6. The maximum absolute atomic E-state index is 10.6. The molecule has 35 heavy (non-hydrogen) atoms. The van der Waals surface area contributed by atoms with Crippen LogP contribution in [-0.4, -0.2) is 63.9 Å². The topological polar surface area (TPSA) is 151 Å². The van der Waals surface area contributed by atoms with Crippen molar-refractivity contribution in [3.8, 4) is 36.0 Å². The molecule has 0 unspecified atom stereocenters. The predicted octanol–water partition coefficient (Wildman–Crippen LogP) is 0.414. The zero-order chi connectivity index (χ0) is 29.1. The number of Topliss-reactive ketones (excluding diaryl/α,β-unsaturated/α-hetero) is 2. The Morgan fingerprint density at radius 3 is 1.34 bits per heavy atom. The Kier molecular flexibility index (Phi) is 55.4. The van der Waals surface area contributed by atoms with E-state index in [0.717, 1.165) is 0 Å². The maximum atomic E-state index is 10.6. The smallest absolute Gasteiger partial charge is 0.216 e. The molecule has 0 saturated carbocycles. The third-order valence-electron chi connectivity index (χ3n) is 2.26. The number of carbonyl (C=O) groups is 6. The highest BCUT2D eigenvalue weighted by Gasteiger charge is 1.86. The van der Waals surface area contributed by atoms with E-state index in [1.54, 1.807) is 35.1 Å². The summed E-state index contributed by atoms with van der Waals surface area (Å²) in [6.45, 7) is 9.43. The van der Waals surface area contributed by atoms with E-state index < -0.39 is 0 Å². The molecule has 0 heterocycles. The summed E-state index contributed by atoms with van der Waals surface area (Å²) in [5.41, 5.74) is 0. The minimum Gasteiger partial charge on any atom is -0.362 e. The van der Waals surface area contributed by atoms with Crippen LogP contribution in [0.4, 0.5) is 0 Å². The SMILES string of the molecule is C#CC#CC#C[CH-]CC(=O)NC.CC(C)=O.CCC(C)=O.CNC(C)=O.CNC(C)=O.CNC=O. The molecule has 0 aliphatic carbocycles. The van der Waals surface area contributed by atoms with Crippen LogP contribution in [0.3, 0.4) is 0 Å². The van der Waals surface area contributed by atoms with E-state index >= 15 is 0 Å². The van der Waals surface area contributed by atoms with Gasteiger partial charge in [0.1, 0.15) is 11.6 Å². The fourth-order valence-electron chi connectivity index (χ4n) is 0.400. The van der Waals surface area contributed by atoms with Gasteiger partial charge >= 0.3 is 0 Å². The summed E-state index contributed by atoms with van der Waals surface area (Å²) in [7, 11) is 6.33. The zero-order valence-electron chi connectivity index (χ0n) is 22.6. The minimum atomic E-state index is -0.0748. The van der Waals surface area contributed by atoms with Crippen molar-refractivity contribution in [3.63, 3.8) is 0 Å². The van der Waals surface area contributed by atoms with Crippen LogP contribution in [0.5, 0.6) is 0 Å². The third-order valence-corrected chi connectivity index (χ3v) is 2.26. The molecule has 4 N–H and O–H groups in total. The molecular weight excluding hydrogens is 452 g/mol. The molecule has 0 atom stereocenters. The number of carbonyl (C=O) groups excluding carboxylic acids is 6. The Bertz CT molecular complexity index is 711. The fraction of sp³-hybridized carbons (Fsp3) is 0.480. The number of terminal acetylenes is 1. The van der Waals surface area contributed by atoms with Crippen molar-refractivity contribution in [2.45, 2.75) is 54.4 Å². The number of ketones is 2. The molecular formula is C25H41N4O6-. The highest BCUT2D eigenvalue weighted by atomic mass is 16.2. The van der Waals surface area contributed by atoms with E-state index in [1.165, 1.54) is 34.1 Å². The molecule has 0 rings (SSSR count). The molecule has 0 radical (unpaired) electrons. The van der Waals surface area contributed by atoms with E-state index in [-0.39, 0.29) is 35.7 Å². The summed E-state index contributed by atoms with van der Waals surface area (Å²) >= 11 is 0. The first kappa shape index (κ1) is 44.4. The first-order valence-corrected chi connectivity index (χ1v) is 10.2. The van der Waals surface area contributed by atoms with Gasteiger partial charge in [0.15, 0.2) is 0 Å². The highest BCUT2D eigenvalue weighted by molar-refractivity contribution is 5.77. The lowest BCUT2D eigenvalue weighted by Gasteiger charge is -1.97. The number of hydrogen-bond acceptors (Lipinski definition) is 6. The molecule has 0 bridgehead atoms. The summed E-state index contributed by atoms with van der Waals surface area (Å²) in [5, 5.41) is 9.49. The quantitative estimate of drug-likeness (QED) is 0.253. The Hall–Kier alpha value is -4.23. The van der Waals surface area contributed by atoms with Crippen LogP contribution in [0.1, 0.15) is 54.4 Å². The van der Waals surface area contributed by atoms with Gasteiger partial charge < -0.3 is 30.9 Å². The second-order valence-corrected chi connectivity index (χ2v) is 5.73. The fourth-order valence-corrected chi connectivity index (χ4v) is 0.400. The molecule has 10 nitrogen and oxygen atoms in total. The van der Waals surface area contributed by atoms with E-state index in [2.05, 4.69) is 50.9 Å². The largest absolute Gasteiger partial charge is 0.362 e. The van der Waals surface area contributed by atoms with Crippen molar-refractivity contribution in [1.29, 1.82) is 0 Å². The average Bonchev–Trinajstić information content (AvgIpc) is 2.81. The molecule has 0 aliphatic rings. The monoisotopic (exact) mass is 493 g/mol. The molecule has 0 aromatic rings. The minimum absolute atomic E-state index is 0.00463. The Morgan fingerprint density at radius 2 is 1.14 bits per heavy atom. The van der Waals surface area contributed by atoms with E-state index in [4.69, 9.17) is 11.2 Å². The van der Waals surface area contributed by atoms with Gasteiger partial charge in [-0.15, -0.1) is 12.3 Å². The molecule has 0 aromatic heterocycles. The second kappa shape index (κ2) is 43.6. The molecule has 0 aliphatic heterocycles. The van der Waals surface area contributed by atoms with Crippen LogP contribution in [-0.2, 0) is 28.8 Å². The number of rotatable bonds is 4. The van der Waals surface area contributed by atoms with Gasteiger partial charge in [-0.05, 0) is 39.0 Å². The first-order chi connectivity index (χ1) is 16.3. The molecule has 198 valence electrons. The maximum Gasteiger partial charge on any atom is 0.216 e. The number of amides is 4. The van der Waals surface area contributed by atoms with Gasteiger partial charge in [0.25, 0.3) is 0 Å². The lowest BCUT2D eigenvalue weighted by atomic mass is 10.3. The molecule has 4 amide bonds. The van der Waals surface area contributed by atoms with Crippen molar-refractivity contribution >= 4 is 35.7 Å². The molecule has 0 aromatic carbocycles. The predicted molar refractivity (Wildman–Crippen MR) is 139 cm³/mol. The van der Waals surface area contributed by atoms with Crippen LogP contribution >= 0.6 is 0 Å². The van der Waals surface area contributed by atoms with Gasteiger partial charge in [0.2, 0.25) is 24.1 Å². The van der Waals surface area contributed by atoms with Gasteiger partial charge in [0.05, 0.1) is 0 Å². The van der Waals surface area contributed by atoms with Gasteiger partial charge in [-0.2, -0.15) is 6.42 Å². The van der Waals surface area contributed by atoms with Crippen molar-refractivity contribution in [2.24, 2.45) is 0 Å². The number of hydrogen-bond donors (Lipinski definition) is 4. The molecule has 0 saturated heterocycles. The Balaban J connectivity index is -0.0000000777. The highest BCUT2D eigenvalue weighted by Crippen LogP contribution is 1.82. The second-order valence-electron chi connectivity index (χ2n) is 5.73. The van der Waals surface area contributed by atoms with Gasteiger partial charge in [-0.25, -0.2) is 5.92 Å². The Labute approximate surface area is 211 Å². The standard InChI is InChI=1S/C10H8NO.C4H8O.2C3H7NO.C3H6O.C2H5NO/c1-3-4-5-6-7-8-9-10(12)11-2;1-3-4(2)5;2*1-3(5)4-2;1-3(2)4;1-3-2-4/h1,8H,9H2,2H3,(H,11,12);3H2,1-2H3;2*1-2H3,(H,4,5);1-2H3;2H,1H3,(H,3,4)/q-1;;;;;. The Morgan fingerprint density at radius 1 is 0.800 bits per heavy atom. The summed E-state index contributed by atoms with van der Waals surface area (Å²) in [5.74, 6) is 12.3. The van der Waals surface area contributed by atoms with Crippen LogP contribution in [0.15, 0.2) is 0 Å². The molecule has 0 spiro atoms. The lowest BCUT2D eigenvalue weighted by molar-refractivity contribution is -0.120. The number of nitrogens with one attached hydrogen (secondary N) is 4. The summed E-state index contributed by atoms with van der Waals surface area (Å²) in [4.78, 5) is 58.3. The van der Waals surface area contributed by atoms with Crippen LogP contribution in [0.25, 0.3) is 0 Å². The average molecular weight is 494 g/mol. The van der Waals surface area contributed by atoms with E-state index in [0.29, 0.717) is 12.8 Å². The lowest BCUT2D eigenvalue weighted by Crippen LogP contribution is -2.16. The van der Waals surface area contributed by atoms with E-state index in [1.807, 2.05) is 6.92 Å². The normalized spacial score (nSPS) is 6.43. The van der Waals surface area contributed by atoms with Crippen molar-refractivity contribution in [3.05, 3.63) is 6.42 Å². The summed E-state index contributed by atoms with van der Waals surface area (Å²) in [6.07, 6.45) is 7.95. The van der Waals surface area contributed by atoms with Crippen LogP contribution in [0.2, 0.25) is 0 Å². The van der Waals surface area contributed by atoms with Gasteiger partial charge in [0, 0.05) is 48.5 Å². The van der Waals surface area contributed by atoms with Crippen LogP contribution < -0.4 is 21.3 Å². The van der Waals surface area contributed by atoms with E-state index in [9.17, 15) is 24.0 Å². The van der Waals surface area contributed by atoms with Crippen molar-refractivity contribution < 1.29 is 28.8 Å². The van der Waals surface area contributed by atoms with Crippen molar-refractivity contribution in [1.82, 2.24) is 21.3 Å². The van der Waals surface area contributed by atoms with Crippen molar-refractivity contribution in [2.75, 3.05) is 28.2 Å². The molecule has 0 fully saturated rings. The first-order valence-electron chi connectivity index (χ1n) is 10.2. The molecule has 10 heteroatoms. The summed E-state index contributed by atoms with van der Waals surface area (Å²) in [6, 6.07) is 0. The van der Waals surface area contributed by atoms with Gasteiger partial charge in [-0.1, -0.05) is 6.92 Å². The van der Waals surface area contributed by atoms with Gasteiger partial charge in [-0.3, -0.25) is 25.1 Å². The van der Waals surface area contributed by atoms with Crippen LogP contribution in [0, 0.1) is 42.4 Å².